The Labute approximate surface area is 173 Å². The molecule has 0 saturated heterocycles. The summed E-state index contributed by atoms with van der Waals surface area (Å²) in [4.78, 5) is 26.7. The number of aryl methyl sites for hydroxylation is 5. The highest BCUT2D eigenvalue weighted by Crippen LogP contribution is 2.26. The first-order valence-electron chi connectivity index (χ1n) is 10.1. The van der Waals surface area contributed by atoms with Crippen LogP contribution < -0.4 is 0 Å². The average molecular weight is 385 g/mol. The minimum atomic E-state index is -0.0391. The van der Waals surface area contributed by atoms with Crippen molar-refractivity contribution in [3.8, 4) is 0 Å². The third-order valence-corrected chi connectivity index (χ3v) is 5.66. The summed E-state index contributed by atoms with van der Waals surface area (Å²) >= 11 is 0. The van der Waals surface area contributed by atoms with Crippen LogP contribution in [-0.2, 0) is 6.42 Å². The number of ketones is 2. The first kappa shape index (κ1) is 20.7. The molecule has 3 aromatic carbocycles. The van der Waals surface area contributed by atoms with E-state index in [2.05, 4.69) is 6.07 Å². The van der Waals surface area contributed by atoms with E-state index in [-0.39, 0.29) is 11.6 Å². The smallest absolute Gasteiger partial charge is 0.193 e. The third kappa shape index (κ3) is 4.07. The van der Waals surface area contributed by atoms with Gasteiger partial charge >= 0.3 is 0 Å². The van der Waals surface area contributed by atoms with Crippen LogP contribution in [0.2, 0.25) is 0 Å². The van der Waals surface area contributed by atoms with E-state index in [9.17, 15) is 9.59 Å². The van der Waals surface area contributed by atoms with Gasteiger partial charge in [0, 0.05) is 22.3 Å². The van der Waals surface area contributed by atoms with Gasteiger partial charge in [0.25, 0.3) is 0 Å². The van der Waals surface area contributed by atoms with Crippen molar-refractivity contribution in [1.29, 1.82) is 0 Å². The Bertz CT molecular complexity index is 1100. The van der Waals surface area contributed by atoms with E-state index in [0.717, 1.165) is 39.8 Å². The zero-order chi connectivity index (χ0) is 21.3. The summed E-state index contributed by atoms with van der Waals surface area (Å²) in [5.74, 6) is -0.0522. The number of rotatable bonds is 5. The molecule has 0 atom stereocenters. The summed E-state index contributed by atoms with van der Waals surface area (Å²) in [6.07, 6.45) is 0.741. The van der Waals surface area contributed by atoms with Crippen molar-refractivity contribution in [2.24, 2.45) is 0 Å². The Morgan fingerprint density at radius 1 is 0.690 bits per heavy atom. The van der Waals surface area contributed by atoms with Crippen LogP contribution in [0.15, 0.2) is 48.5 Å². The molecule has 29 heavy (non-hydrogen) atoms. The zero-order valence-corrected chi connectivity index (χ0v) is 18.1. The molecule has 3 rings (SSSR count). The zero-order valence-electron chi connectivity index (χ0n) is 18.1. The molecule has 3 aromatic rings. The lowest BCUT2D eigenvalue weighted by atomic mass is 9.87. The van der Waals surface area contributed by atoms with Gasteiger partial charge in [-0.3, -0.25) is 9.59 Å². The molecule has 2 heteroatoms. The van der Waals surface area contributed by atoms with Gasteiger partial charge in [-0.1, -0.05) is 48.4 Å². The normalized spacial score (nSPS) is 10.8. The molecular formula is C27H28O2. The van der Waals surface area contributed by atoms with Crippen molar-refractivity contribution in [2.45, 2.75) is 48.0 Å². The predicted octanol–water partition coefficient (Wildman–Crippen LogP) is 6.25. The van der Waals surface area contributed by atoms with Crippen LogP contribution in [0.5, 0.6) is 0 Å². The van der Waals surface area contributed by atoms with Crippen molar-refractivity contribution in [3.05, 3.63) is 104 Å². The predicted molar refractivity (Wildman–Crippen MR) is 119 cm³/mol. The molecule has 0 fully saturated rings. The quantitative estimate of drug-likeness (QED) is 0.487. The molecular weight excluding hydrogens is 356 g/mol. The minimum Gasteiger partial charge on any atom is -0.289 e. The molecule has 0 radical (unpaired) electrons. The van der Waals surface area contributed by atoms with Gasteiger partial charge in [-0.25, -0.2) is 0 Å². The molecule has 0 aliphatic carbocycles. The van der Waals surface area contributed by atoms with Crippen molar-refractivity contribution in [1.82, 2.24) is 0 Å². The highest BCUT2D eigenvalue weighted by Gasteiger charge is 2.22. The summed E-state index contributed by atoms with van der Waals surface area (Å²) in [6.45, 7) is 12.0. The lowest BCUT2D eigenvalue weighted by Gasteiger charge is -2.15. The summed E-state index contributed by atoms with van der Waals surface area (Å²) in [5.41, 5.74) is 8.69. The van der Waals surface area contributed by atoms with Crippen LogP contribution in [-0.4, -0.2) is 11.6 Å². The second-order valence-electron chi connectivity index (χ2n) is 7.96. The molecule has 0 bridgehead atoms. The van der Waals surface area contributed by atoms with Crippen LogP contribution in [0.25, 0.3) is 0 Å². The van der Waals surface area contributed by atoms with Gasteiger partial charge in [-0.05, 0) is 81.5 Å². The lowest BCUT2D eigenvalue weighted by Crippen LogP contribution is -2.13. The van der Waals surface area contributed by atoms with E-state index >= 15 is 0 Å². The molecule has 0 aliphatic rings. The van der Waals surface area contributed by atoms with E-state index < -0.39 is 0 Å². The van der Waals surface area contributed by atoms with Gasteiger partial charge in [-0.15, -0.1) is 0 Å². The fraction of sp³-hybridized carbons (Fsp3) is 0.259. The molecule has 0 spiro atoms. The standard InChI is InChI=1S/C27H28O2/c1-7-21-10-11-24(26(28)22-9-8-18(4)19(5)15-22)20(6)25(21)27(29)23-13-16(2)12-17(3)14-23/h8-15H,7H2,1-6H3. The van der Waals surface area contributed by atoms with Crippen LogP contribution >= 0.6 is 0 Å². The maximum absolute atomic E-state index is 13.5. The van der Waals surface area contributed by atoms with Gasteiger partial charge < -0.3 is 0 Å². The Morgan fingerprint density at radius 3 is 1.93 bits per heavy atom. The molecule has 0 unspecified atom stereocenters. The Hall–Kier alpha value is -3.00. The SMILES string of the molecule is CCc1ccc(C(=O)c2ccc(C)c(C)c2)c(C)c1C(=O)c1cc(C)cc(C)c1. The second-order valence-corrected chi connectivity index (χ2v) is 7.96. The van der Waals surface area contributed by atoms with Gasteiger partial charge in [-0.2, -0.15) is 0 Å². The van der Waals surface area contributed by atoms with Gasteiger partial charge in [0.15, 0.2) is 11.6 Å². The highest BCUT2D eigenvalue weighted by molar-refractivity contribution is 6.15. The van der Waals surface area contributed by atoms with E-state index in [4.69, 9.17) is 0 Å². The van der Waals surface area contributed by atoms with Crippen molar-refractivity contribution < 1.29 is 9.59 Å². The van der Waals surface area contributed by atoms with Crippen LogP contribution in [0.4, 0.5) is 0 Å². The monoisotopic (exact) mass is 384 g/mol. The lowest BCUT2D eigenvalue weighted by molar-refractivity contribution is 0.103. The third-order valence-electron chi connectivity index (χ3n) is 5.66. The molecule has 148 valence electrons. The Morgan fingerprint density at radius 2 is 1.34 bits per heavy atom. The maximum atomic E-state index is 13.5. The summed E-state index contributed by atoms with van der Waals surface area (Å²) in [6, 6.07) is 15.5. The topological polar surface area (TPSA) is 34.1 Å². The molecule has 0 saturated carbocycles. The number of carbonyl (C=O) groups excluding carboxylic acids is 2. The molecule has 0 N–H and O–H groups in total. The average Bonchev–Trinajstić information content (AvgIpc) is 2.68. The van der Waals surface area contributed by atoms with Crippen molar-refractivity contribution in [2.75, 3.05) is 0 Å². The molecule has 0 aliphatic heterocycles. The van der Waals surface area contributed by atoms with Gasteiger partial charge in [0.1, 0.15) is 0 Å². The van der Waals surface area contributed by atoms with E-state index in [1.807, 2.05) is 84.0 Å². The van der Waals surface area contributed by atoms with Crippen molar-refractivity contribution >= 4 is 11.6 Å². The number of hydrogen-bond acceptors (Lipinski definition) is 2. The van der Waals surface area contributed by atoms with Crippen LogP contribution in [0, 0.1) is 34.6 Å². The highest BCUT2D eigenvalue weighted by atomic mass is 16.1. The summed E-state index contributed by atoms with van der Waals surface area (Å²) in [5, 5.41) is 0. The molecule has 0 aromatic heterocycles. The van der Waals surface area contributed by atoms with Gasteiger partial charge in [0.2, 0.25) is 0 Å². The largest absolute Gasteiger partial charge is 0.289 e. The van der Waals surface area contributed by atoms with E-state index in [0.29, 0.717) is 22.3 Å². The maximum Gasteiger partial charge on any atom is 0.193 e. The van der Waals surface area contributed by atoms with Crippen LogP contribution in [0.1, 0.15) is 72.1 Å². The first-order valence-corrected chi connectivity index (χ1v) is 10.1. The van der Waals surface area contributed by atoms with E-state index in [1.54, 1.807) is 0 Å². The number of hydrogen-bond donors (Lipinski definition) is 0. The Balaban J connectivity index is 2.14. The Kier molecular flexibility index (Phi) is 5.83. The minimum absolute atomic E-state index is 0.0131. The fourth-order valence-electron chi connectivity index (χ4n) is 3.91. The van der Waals surface area contributed by atoms with Gasteiger partial charge in [0.05, 0.1) is 0 Å². The summed E-state index contributed by atoms with van der Waals surface area (Å²) in [7, 11) is 0. The van der Waals surface area contributed by atoms with E-state index in [1.165, 1.54) is 0 Å². The van der Waals surface area contributed by atoms with Crippen LogP contribution in [0.3, 0.4) is 0 Å². The molecule has 0 amide bonds. The summed E-state index contributed by atoms with van der Waals surface area (Å²) < 4.78 is 0. The molecule has 2 nitrogen and oxygen atoms in total. The number of carbonyl (C=O) groups is 2. The second kappa shape index (κ2) is 8.16. The van der Waals surface area contributed by atoms with Crippen molar-refractivity contribution in [3.63, 3.8) is 0 Å². The molecule has 0 heterocycles. The first-order chi connectivity index (χ1) is 13.7. The number of benzene rings is 3. The fourth-order valence-corrected chi connectivity index (χ4v) is 3.91.